The van der Waals surface area contributed by atoms with Crippen molar-refractivity contribution in [1.82, 2.24) is 4.90 Å². The number of benzene rings is 2. The summed E-state index contributed by atoms with van der Waals surface area (Å²) in [5.74, 6) is 0.189. The van der Waals surface area contributed by atoms with Crippen molar-refractivity contribution in [2.24, 2.45) is 0 Å². The van der Waals surface area contributed by atoms with Gasteiger partial charge in [0.1, 0.15) is 0 Å². The first-order valence-electron chi connectivity index (χ1n) is 9.60. The molecule has 0 fully saturated rings. The van der Waals surface area contributed by atoms with Crippen LogP contribution in [0.1, 0.15) is 32.8 Å². The third kappa shape index (κ3) is 4.17. The second-order valence-corrected chi connectivity index (χ2v) is 8.45. The molecule has 2 aromatic carbocycles. The summed E-state index contributed by atoms with van der Waals surface area (Å²) in [7, 11) is 1.67. The third-order valence-corrected chi connectivity index (χ3v) is 6.50. The number of thiophene rings is 1. The molecule has 3 aromatic rings. The number of methoxy groups -OCH3 is 1. The molecule has 0 spiro atoms. The van der Waals surface area contributed by atoms with Crippen LogP contribution in [0.4, 0.5) is 5.69 Å². The Hall–Kier alpha value is -2.34. The Bertz CT molecular complexity index is 959. The largest absolute Gasteiger partial charge is 0.384 e. The normalized spacial score (nSPS) is 18.6. The fourth-order valence-electron chi connectivity index (χ4n) is 3.94. The molecule has 0 saturated heterocycles. The van der Waals surface area contributed by atoms with Gasteiger partial charge in [-0.2, -0.15) is 0 Å². The topological polar surface area (TPSA) is 41.6 Å². The molecule has 0 saturated carbocycles. The maximum atomic E-state index is 13.3. The molecule has 1 aliphatic heterocycles. The second-order valence-electron chi connectivity index (χ2n) is 7.03. The van der Waals surface area contributed by atoms with Crippen LogP contribution in [0, 0.1) is 0 Å². The average Bonchev–Trinajstić information content (AvgIpc) is 3.28. The molecule has 1 aromatic heterocycles. The number of carbonyl (C=O) groups is 1. The van der Waals surface area contributed by atoms with E-state index in [9.17, 15) is 4.79 Å². The number of fused-ring (bicyclic) bond motifs is 1. The van der Waals surface area contributed by atoms with Crippen LogP contribution in [-0.2, 0) is 4.74 Å². The molecule has 0 bridgehead atoms. The van der Waals surface area contributed by atoms with Crippen molar-refractivity contribution in [3.05, 3.63) is 87.1 Å². The number of hydrogen-bond donors (Lipinski definition) is 1. The molecule has 29 heavy (non-hydrogen) atoms. The number of anilines is 1. The molecule has 150 valence electrons. The van der Waals surface area contributed by atoms with Gasteiger partial charge in [-0.25, -0.2) is 0 Å². The molecule has 2 unspecified atom stereocenters. The van der Waals surface area contributed by atoms with E-state index in [-0.39, 0.29) is 17.9 Å². The number of rotatable bonds is 7. The zero-order chi connectivity index (χ0) is 20.2. The molecule has 4 nitrogen and oxygen atoms in total. The van der Waals surface area contributed by atoms with Crippen LogP contribution < -0.4 is 5.32 Å². The minimum Gasteiger partial charge on any atom is -0.384 e. The molecule has 4 rings (SSSR count). The second kappa shape index (κ2) is 8.99. The highest BCUT2D eigenvalue weighted by molar-refractivity contribution is 7.10. The van der Waals surface area contributed by atoms with Crippen LogP contribution in [0.2, 0.25) is 5.02 Å². The number of amides is 1. The van der Waals surface area contributed by atoms with Gasteiger partial charge in [-0.05, 0) is 47.3 Å². The lowest BCUT2D eigenvalue weighted by Gasteiger charge is -2.42. The van der Waals surface area contributed by atoms with E-state index in [1.807, 2.05) is 53.4 Å². The van der Waals surface area contributed by atoms with Gasteiger partial charge in [0.25, 0.3) is 5.91 Å². The first kappa shape index (κ1) is 20.0. The van der Waals surface area contributed by atoms with Crippen LogP contribution >= 0.6 is 22.9 Å². The molecule has 2 atom stereocenters. The lowest BCUT2D eigenvalue weighted by atomic mass is 9.82. The number of nitrogens with zero attached hydrogens (tertiary/aromatic N) is 1. The monoisotopic (exact) mass is 426 g/mol. The highest BCUT2D eigenvalue weighted by atomic mass is 35.5. The fraction of sp³-hybridized carbons (Fsp3) is 0.261. The van der Waals surface area contributed by atoms with Crippen LogP contribution in [0.5, 0.6) is 0 Å². The van der Waals surface area contributed by atoms with E-state index < -0.39 is 0 Å². The van der Waals surface area contributed by atoms with Crippen molar-refractivity contribution < 1.29 is 9.53 Å². The summed E-state index contributed by atoms with van der Waals surface area (Å²) in [6, 6.07) is 19.8. The van der Waals surface area contributed by atoms with Gasteiger partial charge >= 0.3 is 0 Å². The highest BCUT2D eigenvalue weighted by Crippen LogP contribution is 2.44. The minimum absolute atomic E-state index is 0.0349. The van der Waals surface area contributed by atoms with Crippen molar-refractivity contribution in [3.8, 4) is 0 Å². The molecule has 6 heteroatoms. The average molecular weight is 427 g/mol. The zero-order valence-corrected chi connectivity index (χ0v) is 17.7. The Kier molecular flexibility index (Phi) is 6.19. The summed E-state index contributed by atoms with van der Waals surface area (Å²) in [4.78, 5) is 16.5. The van der Waals surface area contributed by atoms with Crippen molar-refractivity contribution >= 4 is 34.5 Å². The Labute approximate surface area is 180 Å². The number of ether oxygens (including phenoxy) is 1. The number of carbonyl (C=O) groups excluding carboxylic acids is 1. The van der Waals surface area contributed by atoms with Gasteiger partial charge in [0.05, 0.1) is 12.6 Å². The molecule has 1 aliphatic rings. The highest BCUT2D eigenvalue weighted by Gasteiger charge is 2.40. The Morgan fingerprint density at radius 2 is 1.90 bits per heavy atom. The maximum absolute atomic E-state index is 13.3. The molecule has 2 heterocycles. The van der Waals surface area contributed by atoms with Gasteiger partial charge in [0.15, 0.2) is 0 Å². The fourth-order valence-corrected chi connectivity index (χ4v) is 4.97. The summed E-state index contributed by atoms with van der Waals surface area (Å²) in [5.41, 5.74) is 2.88. The van der Waals surface area contributed by atoms with E-state index in [1.54, 1.807) is 18.4 Å². The van der Waals surface area contributed by atoms with Crippen molar-refractivity contribution in [1.29, 1.82) is 0 Å². The molecule has 0 radical (unpaired) electrons. The van der Waals surface area contributed by atoms with E-state index in [2.05, 4.69) is 22.8 Å². The number of nitrogens with one attached hydrogen (secondary N) is 1. The summed E-state index contributed by atoms with van der Waals surface area (Å²) in [6.07, 6.45) is 0. The molecular weight excluding hydrogens is 404 g/mol. The van der Waals surface area contributed by atoms with E-state index in [0.717, 1.165) is 16.8 Å². The molecule has 1 amide bonds. The summed E-state index contributed by atoms with van der Waals surface area (Å²) < 4.78 is 5.30. The standard InChI is InChI=1S/C23H23ClN2O2S/c1-28-13-12-26-22(21-7-4-14-29-21)20(15-25-17-10-8-16(24)9-11-17)18-5-2-3-6-19(18)23(26)27/h2-11,14,20,22,25H,12-13,15H2,1H3. The van der Waals surface area contributed by atoms with E-state index in [4.69, 9.17) is 16.3 Å². The van der Waals surface area contributed by atoms with Gasteiger partial charge in [0.2, 0.25) is 0 Å². The van der Waals surface area contributed by atoms with E-state index >= 15 is 0 Å². The van der Waals surface area contributed by atoms with Gasteiger partial charge in [-0.3, -0.25) is 4.79 Å². The first-order chi connectivity index (χ1) is 14.2. The zero-order valence-electron chi connectivity index (χ0n) is 16.2. The first-order valence-corrected chi connectivity index (χ1v) is 10.9. The van der Waals surface area contributed by atoms with E-state index in [1.165, 1.54) is 4.88 Å². The van der Waals surface area contributed by atoms with Gasteiger partial charge in [-0.1, -0.05) is 35.9 Å². The molecule has 1 N–H and O–H groups in total. The third-order valence-electron chi connectivity index (χ3n) is 5.31. The van der Waals surface area contributed by atoms with Crippen molar-refractivity contribution in [2.75, 3.05) is 32.1 Å². The quantitative estimate of drug-likeness (QED) is 0.546. The predicted octanol–water partition coefficient (Wildman–Crippen LogP) is 5.44. The van der Waals surface area contributed by atoms with Crippen molar-refractivity contribution in [2.45, 2.75) is 12.0 Å². The van der Waals surface area contributed by atoms with E-state index in [0.29, 0.717) is 24.7 Å². The van der Waals surface area contributed by atoms with Crippen LogP contribution in [0.15, 0.2) is 66.0 Å². The summed E-state index contributed by atoms with van der Waals surface area (Å²) in [5, 5.41) is 6.32. The molecule has 0 aliphatic carbocycles. The Morgan fingerprint density at radius 1 is 1.10 bits per heavy atom. The number of halogens is 1. The van der Waals surface area contributed by atoms with Gasteiger partial charge in [-0.15, -0.1) is 11.3 Å². The SMILES string of the molecule is COCCN1C(=O)c2ccccc2C(CNc2ccc(Cl)cc2)C1c1cccs1. The predicted molar refractivity (Wildman–Crippen MR) is 119 cm³/mol. The van der Waals surface area contributed by atoms with Crippen LogP contribution in [0.3, 0.4) is 0 Å². The van der Waals surface area contributed by atoms with Gasteiger partial charge < -0.3 is 15.0 Å². The van der Waals surface area contributed by atoms with Gasteiger partial charge in [0, 0.05) is 47.3 Å². The lowest BCUT2D eigenvalue weighted by Crippen LogP contribution is -2.45. The Balaban J connectivity index is 1.72. The summed E-state index contributed by atoms with van der Waals surface area (Å²) in [6.45, 7) is 1.77. The lowest BCUT2D eigenvalue weighted by molar-refractivity contribution is 0.0534. The number of hydrogen-bond acceptors (Lipinski definition) is 4. The van der Waals surface area contributed by atoms with Crippen LogP contribution in [-0.4, -0.2) is 37.6 Å². The van der Waals surface area contributed by atoms with Crippen LogP contribution in [0.25, 0.3) is 0 Å². The maximum Gasteiger partial charge on any atom is 0.254 e. The van der Waals surface area contributed by atoms with Crippen molar-refractivity contribution in [3.63, 3.8) is 0 Å². The molecular formula is C23H23ClN2O2S. The smallest absolute Gasteiger partial charge is 0.254 e. The Morgan fingerprint density at radius 3 is 2.62 bits per heavy atom. The minimum atomic E-state index is -0.0349. The summed E-state index contributed by atoms with van der Waals surface area (Å²) >= 11 is 7.71.